The summed E-state index contributed by atoms with van der Waals surface area (Å²) in [5.41, 5.74) is 2.56. The fourth-order valence-corrected chi connectivity index (χ4v) is 1.92. The molecular formula is C17H23F3N2O2. The third-order valence-electron chi connectivity index (χ3n) is 3.49. The van der Waals surface area contributed by atoms with Gasteiger partial charge in [-0.15, -0.1) is 0 Å². The quantitative estimate of drug-likeness (QED) is 0.318. The summed E-state index contributed by atoms with van der Waals surface area (Å²) in [5, 5.41) is 0. The number of rotatable bonds is 7. The van der Waals surface area contributed by atoms with E-state index in [2.05, 4.69) is 4.99 Å². The lowest BCUT2D eigenvalue weighted by Crippen LogP contribution is -2.14. The van der Waals surface area contributed by atoms with Gasteiger partial charge in [-0.25, -0.2) is 9.79 Å². The molecule has 0 aromatic heterocycles. The fourth-order valence-electron chi connectivity index (χ4n) is 1.92. The molecule has 0 saturated heterocycles. The lowest BCUT2D eigenvalue weighted by molar-refractivity contribution is -0.137. The van der Waals surface area contributed by atoms with Gasteiger partial charge in [0, 0.05) is 20.0 Å². The van der Waals surface area contributed by atoms with Crippen LogP contribution in [0, 0.1) is 13.8 Å². The summed E-state index contributed by atoms with van der Waals surface area (Å²) in [5.74, 6) is -0.612. The van der Waals surface area contributed by atoms with E-state index >= 15 is 0 Å². The second-order valence-corrected chi connectivity index (χ2v) is 5.63. The van der Waals surface area contributed by atoms with Crippen molar-refractivity contribution in [3.05, 3.63) is 28.8 Å². The van der Waals surface area contributed by atoms with E-state index < -0.39 is 18.6 Å². The number of aliphatic imine (C=N–C) groups is 1. The zero-order valence-electron chi connectivity index (χ0n) is 14.4. The molecule has 0 saturated carbocycles. The minimum Gasteiger partial charge on any atom is -0.462 e. The summed E-state index contributed by atoms with van der Waals surface area (Å²) >= 11 is 0. The molecule has 0 spiro atoms. The van der Waals surface area contributed by atoms with Crippen molar-refractivity contribution < 1.29 is 22.7 Å². The summed E-state index contributed by atoms with van der Waals surface area (Å²) in [6, 6.07) is 3.42. The Hall–Kier alpha value is -2.05. The smallest absolute Gasteiger partial charge is 0.389 e. The van der Waals surface area contributed by atoms with Crippen LogP contribution >= 0.6 is 0 Å². The van der Waals surface area contributed by atoms with Gasteiger partial charge >= 0.3 is 12.1 Å². The maximum Gasteiger partial charge on any atom is 0.389 e. The van der Waals surface area contributed by atoms with Crippen molar-refractivity contribution in [3.63, 3.8) is 0 Å². The summed E-state index contributed by atoms with van der Waals surface area (Å²) in [7, 11) is 1.90. The molecule has 0 aliphatic carbocycles. The topological polar surface area (TPSA) is 41.9 Å². The minimum atomic E-state index is -4.23. The van der Waals surface area contributed by atoms with Gasteiger partial charge in [0.1, 0.15) is 0 Å². The van der Waals surface area contributed by atoms with E-state index in [9.17, 15) is 18.0 Å². The Morgan fingerprint density at radius 3 is 2.54 bits per heavy atom. The first-order valence-electron chi connectivity index (χ1n) is 7.73. The SMILES string of the molecule is CCN(C)/C=N/c1cc(C)c(C(=O)OCCCC(F)(F)F)cc1C. The molecule has 7 heteroatoms. The normalized spacial score (nSPS) is 11.8. The number of alkyl halides is 3. The molecule has 0 unspecified atom stereocenters. The highest BCUT2D eigenvalue weighted by Crippen LogP contribution is 2.24. The van der Waals surface area contributed by atoms with Gasteiger partial charge < -0.3 is 9.64 Å². The van der Waals surface area contributed by atoms with Gasteiger partial charge in [-0.05, 0) is 50.5 Å². The summed E-state index contributed by atoms with van der Waals surface area (Å²) in [6.45, 7) is 6.14. The molecule has 0 fully saturated rings. The van der Waals surface area contributed by atoms with Crippen LogP contribution in [0.15, 0.2) is 17.1 Å². The molecule has 1 rings (SSSR count). The highest BCUT2D eigenvalue weighted by molar-refractivity contribution is 5.92. The Morgan fingerprint density at radius 2 is 1.96 bits per heavy atom. The molecule has 24 heavy (non-hydrogen) atoms. The number of nitrogens with zero attached hydrogens (tertiary/aromatic N) is 2. The molecule has 1 aromatic rings. The number of aryl methyl sites for hydroxylation is 2. The Balaban J connectivity index is 2.74. The van der Waals surface area contributed by atoms with Crippen LogP contribution in [0.4, 0.5) is 18.9 Å². The van der Waals surface area contributed by atoms with Crippen LogP contribution < -0.4 is 0 Å². The number of benzene rings is 1. The van der Waals surface area contributed by atoms with E-state index in [1.54, 1.807) is 25.4 Å². The monoisotopic (exact) mass is 344 g/mol. The van der Waals surface area contributed by atoms with Gasteiger partial charge in [0.05, 0.1) is 24.2 Å². The van der Waals surface area contributed by atoms with E-state index in [-0.39, 0.29) is 13.0 Å². The van der Waals surface area contributed by atoms with Gasteiger partial charge in [-0.1, -0.05) is 0 Å². The van der Waals surface area contributed by atoms with Crippen LogP contribution in [0.5, 0.6) is 0 Å². The first-order chi connectivity index (χ1) is 11.1. The van der Waals surface area contributed by atoms with Crippen molar-refractivity contribution in [2.45, 2.75) is 39.8 Å². The zero-order valence-corrected chi connectivity index (χ0v) is 14.4. The number of hydrogen-bond donors (Lipinski definition) is 0. The molecule has 0 aliphatic rings. The molecule has 4 nitrogen and oxygen atoms in total. The van der Waals surface area contributed by atoms with Crippen LogP contribution in [0.2, 0.25) is 0 Å². The van der Waals surface area contributed by atoms with Gasteiger partial charge in [-0.3, -0.25) is 0 Å². The number of carbonyl (C=O) groups is 1. The Bertz CT molecular complexity index is 598. The number of ether oxygens (including phenoxy) is 1. The number of hydrogen-bond acceptors (Lipinski definition) is 3. The summed E-state index contributed by atoms with van der Waals surface area (Å²) in [6.07, 6.45) is -3.73. The average Bonchev–Trinajstić information content (AvgIpc) is 2.50. The van der Waals surface area contributed by atoms with Crippen LogP contribution in [0.25, 0.3) is 0 Å². The second kappa shape index (κ2) is 8.70. The van der Waals surface area contributed by atoms with Crippen molar-refractivity contribution in [2.75, 3.05) is 20.2 Å². The fraction of sp³-hybridized carbons (Fsp3) is 0.529. The third kappa shape index (κ3) is 6.60. The maximum absolute atomic E-state index is 12.1. The zero-order chi connectivity index (χ0) is 18.3. The molecule has 1 aromatic carbocycles. The standard InChI is InChI=1S/C17H23F3N2O2/c1-5-22(4)11-21-15-10-12(2)14(9-13(15)3)16(23)24-8-6-7-17(18,19)20/h9-11H,5-8H2,1-4H3/b21-11+. The van der Waals surface area contributed by atoms with Crippen molar-refractivity contribution in [1.82, 2.24) is 4.90 Å². The largest absolute Gasteiger partial charge is 0.462 e. The Kier molecular flexibility index (Phi) is 7.25. The number of halogens is 3. The first kappa shape index (κ1) is 20.0. The van der Waals surface area contributed by atoms with Crippen LogP contribution in [0.1, 0.15) is 41.3 Å². The Labute approximate surface area is 140 Å². The third-order valence-corrected chi connectivity index (χ3v) is 3.49. The molecule has 0 radical (unpaired) electrons. The van der Waals surface area contributed by atoms with Crippen LogP contribution in [0.3, 0.4) is 0 Å². The van der Waals surface area contributed by atoms with E-state index in [0.717, 1.165) is 17.8 Å². The predicted octanol–water partition coefficient (Wildman–Crippen LogP) is 4.41. The lowest BCUT2D eigenvalue weighted by atomic mass is 10.0. The predicted molar refractivity (Wildman–Crippen MR) is 87.9 cm³/mol. The summed E-state index contributed by atoms with van der Waals surface area (Å²) in [4.78, 5) is 18.3. The molecule has 0 aliphatic heterocycles. The maximum atomic E-state index is 12.1. The van der Waals surface area contributed by atoms with Gasteiger partial charge in [0.25, 0.3) is 0 Å². The van der Waals surface area contributed by atoms with Crippen molar-refractivity contribution >= 4 is 18.0 Å². The molecular weight excluding hydrogens is 321 g/mol. The van der Waals surface area contributed by atoms with E-state index in [4.69, 9.17) is 4.74 Å². The van der Waals surface area contributed by atoms with E-state index in [1.807, 2.05) is 25.8 Å². The van der Waals surface area contributed by atoms with Crippen LogP contribution in [-0.4, -0.2) is 43.6 Å². The Morgan fingerprint density at radius 1 is 1.29 bits per heavy atom. The van der Waals surface area contributed by atoms with E-state index in [1.165, 1.54) is 0 Å². The van der Waals surface area contributed by atoms with Crippen molar-refractivity contribution in [2.24, 2.45) is 4.99 Å². The van der Waals surface area contributed by atoms with Crippen LogP contribution in [-0.2, 0) is 4.74 Å². The lowest BCUT2D eigenvalue weighted by Gasteiger charge is -2.12. The molecule has 0 atom stereocenters. The second-order valence-electron chi connectivity index (χ2n) is 5.63. The van der Waals surface area contributed by atoms with Gasteiger partial charge in [-0.2, -0.15) is 13.2 Å². The van der Waals surface area contributed by atoms with Crippen molar-refractivity contribution in [3.8, 4) is 0 Å². The molecule has 0 N–H and O–H groups in total. The van der Waals surface area contributed by atoms with Gasteiger partial charge in [0.15, 0.2) is 0 Å². The molecule has 134 valence electrons. The molecule has 0 amide bonds. The highest BCUT2D eigenvalue weighted by atomic mass is 19.4. The number of esters is 1. The first-order valence-corrected chi connectivity index (χ1v) is 7.73. The average molecular weight is 344 g/mol. The highest BCUT2D eigenvalue weighted by Gasteiger charge is 2.26. The van der Waals surface area contributed by atoms with Gasteiger partial charge in [0.2, 0.25) is 0 Å². The number of carbonyl (C=O) groups excluding carboxylic acids is 1. The minimum absolute atomic E-state index is 0.237. The van der Waals surface area contributed by atoms with Crippen molar-refractivity contribution in [1.29, 1.82) is 0 Å². The summed E-state index contributed by atoms with van der Waals surface area (Å²) < 4.78 is 41.1. The molecule has 0 bridgehead atoms. The molecule has 0 heterocycles. The van der Waals surface area contributed by atoms with E-state index in [0.29, 0.717) is 11.1 Å².